The minimum Gasteiger partial charge on any atom is -0.453 e. The molecule has 0 radical (unpaired) electrons. The fraction of sp³-hybridized carbons (Fsp3) is 0.273. The van der Waals surface area contributed by atoms with Crippen LogP contribution in [0.3, 0.4) is 0 Å². The molecule has 4 nitrogen and oxygen atoms in total. The maximum Gasteiger partial charge on any atom is 0.303 e. The normalized spacial score (nSPS) is 11.7. The number of carbonyl (C=O) groups excluding carboxylic acids is 2. The van der Waals surface area contributed by atoms with Gasteiger partial charge in [-0.05, 0) is 19.1 Å². The third-order valence-electron chi connectivity index (χ3n) is 1.84. The molecule has 5 heteroatoms. The van der Waals surface area contributed by atoms with Gasteiger partial charge in [0, 0.05) is 6.92 Å². The number of esters is 1. The number of hydrogen-bond acceptors (Lipinski definition) is 3. The van der Waals surface area contributed by atoms with Crippen LogP contribution in [0.25, 0.3) is 0 Å². The van der Waals surface area contributed by atoms with Crippen molar-refractivity contribution in [3.8, 4) is 0 Å². The zero-order chi connectivity index (χ0) is 12.1. The predicted octanol–water partition coefficient (Wildman–Crippen LogP) is 2.23. The standard InChI is InChI=1S/C11H12ClNO3/c1-7(16-8(2)14)11(15)13-10-6-4-3-5-9(10)12/h3-7H,1-2H3,(H,13,15)/t7-/m0/s1. The molecule has 0 bridgehead atoms. The molecular weight excluding hydrogens is 230 g/mol. The molecule has 1 atom stereocenters. The molecule has 0 saturated heterocycles. The van der Waals surface area contributed by atoms with E-state index in [0.29, 0.717) is 10.7 Å². The number of ether oxygens (including phenoxy) is 1. The van der Waals surface area contributed by atoms with Gasteiger partial charge in [-0.3, -0.25) is 9.59 Å². The Morgan fingerprint density at radius 1 is 1.38 bits per heavy atom. The van der Waals surface area contributed by atoms with Crippen molar-refractivity contribution in [1.29, 1.82) is 0 Å². The highest BCUT2D eigenvalue weighted by atomic mass is 35.5. The summed E-state index contributed by atoms with van der Waals surface area (Å²) < 4.78 is 4.73. The number of hydrogen-bond donors (Lipinski definition) is 1. The molecule has 86 valence electrons. The van der Waals surface area contributed by atoms with Gasteiger partial charge >= 0.3 is 5.97 Å². The summed E-state index contributed by atoms with van der Waals surface area (Å²) in [4.78, 5) is 22.2. The van der Waals surface area contributed by atoms with Crippen LogP contribution in [0.1, 0.15) is 13.8 Å². The summed E-state index contributed by atoms with van der Waals surface area (Å²) >= 11 is 5.86. The van der Waals surface area contributed by atoms with Crippen molar-refractivity contribution in [2.45, 2.75) is 20.0 Å². The third-order valence-corrected chi connectivity index (χ3v) is 2.17. The molecular formula is C11H12ClNO3. The fourth-order valence-electron chi connectivity index (χ4n) is 1.10. The van der Waals surface area contributed by atoms with Gasteiger partial charge in [0.1, 0.15) is 0 Å². The second kappa shape index (κ2) is 5.51. The smallest absolute Gasteiger partial charge is 0.303 e. The molecule has 1 N–H and O–H groups in total. The van der Waals surface area contributed by atoms with Gasteiger partial charge in [-0.25, -0.2) is 0 Å². The van der Waals surface area contributed by atoms with Crippen molar-refractivity contribution >= 4 is 29.2 Å². The minimum atomic E-state index is -0.839. The van der Waals surface area contributed by atoms with E-state index in [1.807, 2.05) is 0 Å². The summed E-state index contributed by atoms with van der Waals surface area (Å²) in [5, 5.41) is 3.00. The summed E-state index contributed by atoms with van der Waals surface area (Å²) in [7, 11) is 0. The number of para-hydroxylation sites is 1. The highest BCUT2D eigenvalue weighted by Crippen LogP contribution is 2.20. The van der Waals surface area contributed by atoms with E-state index in [-0.39, 0.29) is 0 Å². The maximum atomic E-state index is 11.6. The van der Waals surface area contributed by atoms with Crippen LogP contribution in [0.15, 0.2) is 24.3 Å². The summed E-state index contributed by atoms with van der Waals surface area (Å²) in [5.74, 6) is -0.912. The molecule has 0 aliphatic rings. The van der Waals surface area contributed by atoms with Crippen LogP contribution >= 0.6 is 11.6 Å². The molecule has 0 saturated carbocycles. The van der Waals surface area contributed by atoms with Crippen LogP contribution in [0.5, 0.6) is 0 Å². The molecule has 0 heterocycles. The summed E-state index contributed by atoms with van der Waals surface area (Å²) in [5.41, 5.74) is 0.494. The van der Waals surface area contributed by atoms with Crippen molar-refractivity contribution in [3.05, 3.63) is 29.3 Å². The third kappa shape index (κ3) is 3.55. The molecule has 1 aromatic carbocycles. The summed E-state index contributed by atoms with van der Waals surface area (Å²) in [6, 6.07) is 6.83. The lowest BCUT2D eigenvalue weighted by molar-refractivity contribution is -0.150. The van der Waals surface area contributed by atoms with Crippen LogP contribution in [-0.2, 0) is 14.3 Å². The topological polar surface area (TPSA) is 55.4 Å². The number of anilines is 1. The number of amides is 1. The summed E-state index contributed by atoms with van der Waals surface area (Å²) in [6.45, 7) is 2.74. The van der Waals surface area contributed by atoms with Gasteiger partial charge in [0.2, 0.25) is 0 Å². The lowest BCUT2D eigenvalue weighted by Crippen LogP contribution is -2.29. The number of carbonyl (C=O) groups is 2. The Balaban J connectivity index is 2.64. The van der Waals surface area contributed by atoms with E-state index in [0.717, 1.165) is 0 Å². The largest absolute Gasteiger partial charge is 0.453 e. The van der Waals surface area contributed by atoms with Gasteiger partial charge in [-0.15, -0.1) is 0 Å². The van der Waals surface area contributed by atoms with Crippen LogP contribution in [0.4, 0.5) is 5.69 Å². The first-order chi connectivity index (χ1) is 7.50. The first-order valence-electron chi connectivity index (χ1n) is 4.73. The predicted molar refractivity (Wildman–Crippen MR) is 61.3 cm³/mol. The monoisotopic (exact) mass is 241 g/mol. The molecule has 0 spiro atoms. The molecule has 1 amide bonds. The van der Waals surface area contributed by atoms with E-state index >= 15 is 0 Å². The quantitative estimate of drug-likeness (QED) is 0.826. The Kier molecular flexibility index (Phi) is 4.31. The Bertz CT molecular complexity index is 406. The van der Waals surface area contributed by atoms with Gasteiger partial charge < -0.3 is 10.1 Å². The van der Waals surface area contributed by atoms with Crippen molar-refractivity contribution in [1.82, 2.24) is 0 Å². The lowest BCUT2D eigenvalue weighted by Gasteiger charge is -2.12. The van der Waals surface area contributed by atoms with Crippen molar-refractivity contribution in [2.75, 3.05) is 5.32 Å². The highest BCUT2D eigenvalue weighted by Gasteiger charge is 2.16. The zero-order valence-electron chi connectivity index (χ0n) is 8.99. The molecule has 0 aliphatic heterocycles. The first-order valence-corrected chi connectivity index (χ1v) is 5.11. The molecule has 0 aliphatic carbocycles. The Labute approximate surface area is 98.5 Å². The van der Waals surface area contributed by atoms with E-state index < -0.39 is 18.0 Å². The summed E-state index contributed by atoms with van der Waals surface area (Å²) in [6.07, 6.45) is -0.839. The fourth-order valence-corrected chi connectivity index (χ4v) is 1.28. The molecule has 16 heavy (non-hydrogen) atoms. The van der Waals surface area contributed by atoms with Crippen molar-refractivity contribution in [3.63, 3.8) is 0 Å². The van der Waals surface area contributed by atoms with Gasteiger partial charge in [-0.2, -0.15) is 0 Å². The first kappa shape index (κ1) is 12.5. The molecule has 0 aromatic heterocycles. The van der Waals surface area contributed by atoms with E-state index in [1.165, 1.54) is 13.8 Å². The molecule has 0 unspecified atom stereocenters. The van der Waals surface area contributed by atoms with Gasteiger partial charge in [0.25, 0.3) is 5.91 Å². The van der Waals surface area contributed by atoms with Crippen LogP contribution in [0, 0.1) is 0 Å². The zero-order valence-corrected chi connectivity index (χ0v) is 9.75. The van der Waals surface area contributed by atoms with Crippen molar-refractivity contribution < 1.29 is 14.3 Å². The Morgan fingerprint density at radius 2 is 2.00 bits per heavy atom. The van der Waals surface area contributed by atoms with Gasteiger partial charge in [0.05, 0.1) is 10.7 Å². The van der Waals surface area contributed by atoms with Crippen LogP contribution < -0.4 is 5.32 Å². The number of halogens is 1. The number of benzene rings is 1. The molecule has 1 aromatic rings. The van der Waals surface area contributed by atoms with Gasteiger partial charge in [-0.1, -0.05) is 23.7 Å². The average molecular weight is 242 g/mol. The lowest BCUT2D eigenvalue weighted by atomic mass is 10.3. The van der Waals surface area contributed by atoms with E-state index in [9.17, 15) is 9.59 Å². The second-order valence-electron chi connectivity index (χ2n) is 3.22. The maximum absolute atomic E-state index is 11.6. The van der Waals surface area contributed by atoms with E-state index in [1.54, 1.807) is 24.3 Å². The minimum absolute atomic E-state index is 0.414. The van der Waals surface area contributed by atoms with Gasteiger partial charge in [0.15, 0.2) is 6.10 Å². The molecule has 0 fully saturated rings. The van der Waals surface area contributed by atoms with Crippen LogP contribution in [0.2, 0.25) is 5.02 Å². The SMILES string of the molecule is CC(=O)O[C@@H](C)C(=O)Nc1ccccc1Cl. The number of rotatable bonds is 3. The van der Waals surface area contributed by atoms with Crippen LogP contribution in [-0.4, -0.2) is 18.0 Å². The molecule has 1 rings (SSSR count). The number of nitrogens with one attached hydrogen (secondary N) is 1. The van der Waals surface area contributed by atoms with E-state index in [4.69, 9.17) is 16.3 Å². The second-order valence-corrected chi connectivity index (χ2v) is 3.63. The highest BCUT2D eigenvalue weighted by molar-refractivity contribution is 6.33. The average Bonchev–Trinajstić information content (AvgIpc) is 2.20. The Morgan fingerprint density at radius 3 is 2.56 bits per heavy atom. The Hall–Kier alpha value is -1.55. The van der Waals surface area contributed by atoms with E-state index in [2.05, 4.69) is 5.32 Å². The van der Waals surface area contributed by atoms with Crippen molar-refractivity contribution in [2.24, 2.45) is 0 Å².